The van der Waals surface area contributed by atoms with Crippen molar-refractivity contribution in [1.82, 2.24) is 0 Å². The van der Waals surface area contributed by atoms with E-state index in [0.29, 0.717) is 16.7 Å². The molecular formula is C27H23ClO7. The third-order valence-corrected chi connectivity index (χ3v) is 6.14. The summed E-state index contributed by atoms with van der Waals surface area (Å²) in [6.45, 7) is 1.25. The smallest absolute Gasteiger partial charge is 0.338 e. The van der Waals surface area contributed by atoms with Crippen molar-refractivity contribution in [3.05, 3.63) is 108 Å². The van der Waals surface area contributed by atoms with Gasteiger partial charge in [0.1, 0.15) is 12.7 Å². The van der Waals surface area contributed by atoms with Crippen molar-refractivity contribution >= 4 is 29.5 Å². The first kappa shape index (κ1) is 24.4. The van der Waals surface area contributed by atoms with Gasteiger partial charge in [0.05, 0.1) is 16.7 Å². The normalized spacial score (nSPS) is 23.3. The highest BCUT2D eigenvalue weighted by Crippen LogP contribution is 2.40. The van der Waals surface area contributed by atoms with Crippen molar-refractivity contribution in [2.75, 3.05) is 6.61 Å². The minimum absolute atomic E-state index is 0.276. The van der Waals surface area contributed by atoms with Crippen LogP contribution >= 0.6 is 11.6 Å². The molecule has 1 fully saturated rings. The first-order valence-electron chi connectivity index (χ1n) is 10.9. The Hall–Kier alpha value is -3.68. The van der Waals surface area contributed by atoms with E-state index in [0.717, 1.165) is 0 Å². The highest BCUT2D eigenvalue weighted by Gasteiger charge is 2.59. The highest BCUT2D eigenvalue weighted by molar-refractivity contribution is 6.20. The zero-order valence-corrected chi connectivity index (χ0v) is 19.6. The molecule has 0 saturated carbocycles. The molecular weight excluding hydrogens is 472 g/mol. The molecule has 0 bridgehead atoms. The summed E-state index contributed by atoms with van der Waals surface area (Å²) in [4.78, 5) is 38.2. The number of esters is 3. The van der Waals surface area contributed by atoms with Gasteiger partial charge in [-0.2, -0.15) is 0 Å². The summed E-state index contributed by atoms with van der Waals surface area (Å²) in [6.07, 6.45) is -2.14. The van der Waals surface area contributed by atoms with Gasteiger partial charge < -0.3 is 18.9 Å². The first-order valence-corrected chi connectivity index (χ1v) is 11.4. The van der Waals surface area contributed by atoms with E-state index in [1.165, 1.54) is 6.92 Å². The van der Waals surface area contributed by atoms with Crippen molar-refractivity contribution in [2.45, 2.75) is 30.3 Å². The summed E-state index contributed by atoms with van der Waals surface area (Å²) < 4.78 is 22.7. The van der Waals surface area contributed by atoms with E-state index in [1.807, 2.05) is 0 Å². The summed E-state index contributed by atoms with van der Waals surface area (Å²) in [5, 5.41) is 0. The third kappa shape index (κ3) is 5.53. The number of hydrogen-bond donors (Lipinski definition) is 0. The zero-order chi connectivity index (χ0) is 24.8. The highest BCUT2D eigenvalue weighted by atomic mass is 35.5. The van der Waals surface area contributed by atoms with Gasteiger partial charge in [0.25, 0.3) is 0 Å². The lowest BCUT2D eigenvalue weighted by molar-refractivity contribution is -0.0782. The number of rotatable bonds is 7. The maximum atomic E-state index is 12.9. The van der Waals surface area contributed by atoms with Gasteiger partial charge in [-0.25, -0.2) is 14.4 Å². The molecule has 7 nitrogen and oxygen atoms in total. The van der Waals surface area contributed by atoms with E-state index < -0.39 is 41.3 Å². The lowest BCUT2D eigenvalue weighted by atomic mass is 9.97. The van der Waals surface area contributed by atoms with E-state index >= 15 is 0 Å². The van der Waals surface area contributed by atoms with Crippen molar-refractivity contribution in [2.24, 2.45) is 0 Å². The quantitative estimate of drug-likeness (QED) is 0.268. The summed E-state index contributed by atoms with van der Waals surface area (Å²) in [6, 6.07) is 25.1. The van der Waals surface area contributed by atoms with Crippen LogP contribution in [0.25, 0.3) is 0 Å². The number of hydrogen-bond acceptors (Lipinski definition) is 7. The SMILES string of the molecule is C[C@@]1(OC(=O)c2ccccc2)[C@H](OC(=O)c2ccccc2)[C@@H](COC(=O)c2ccccc2)O[C@@H]1Cl. The van der Waals surface area contributed by atoms with Gasteiger partial charge in [-0.15, -0.1) is 0 Å². The molecule has 0 N–H and O–H groups in total. The number of ether oxygens (including phenoxy) is 4. The number of carbonyl (C=O) groups excluding carboxylic acids is 3. The Morgan fingerprint density at radius 2 is 1.23 bits per heavy atom. The Balaban J connectivity index is 1.56. The number of halogens is 1. The van der Waals surface area contributed by atoms with E-state index in [4.69, 9.17) is 30.5 Å². The van der Waals surface area contributed by atoms with Crippen molar-refractivity contribution in [3.8, 4) is 0 Å². The number of alkyl halides is 1. The number of carbonyl (C=O) groups is 3. The molecule has 0 radical (unpaired) electrons. The van der Waals surface area contributed by atoms with Crippen LogP contribution in [0.5, 0.6) is 0 Å². The maximum absolute atomic E-state index is 12.9. The van der Waals surface area contributed by atoms with Gasteiger partial charge in [-0.1, -0.05) is 66.2 Å². The molecule has 0 aliphatic carbocycles. The fraction of sp³-hybridized carbons (Fsp3) is 0.222. The monoisotopic (exact) mass is 494 g/mol. The van der Waals surface area contributed by atoms with Gasteiger partial charge >= 0.3 is 17.9 Å². The van der Waals surface area contributed by atoms with Crippen molar-refractivity contribution in [1.29, 1.82) is 0 Å². The molecule has 35 heavy (non-hydrogen) atoms. The average molecular weight is 495 g/mol. The van der Waals surface area contributed by atoms with Gasteiger partial charge in [0, 0.05) is 0 Å². The van der Waals surface area contributed by atoms with Crippen LogP contribution in [0.3, 0.4) is 0 Å². The van der Waals surface area contributed by atoms with Crippen LogP contribution in [0.2, 0.25) is 0 Å². The van der Waals surface area contributed by atoms with E-state index in [1.54, 1.807) is 91.0 Å². The van der Waals surface area contributed by atoms with Crippen molar-refractivity contribution in [3.63, 3.8) is 0 Å². The minimum atomic E-state index is -1.57. The van der Waals surface area contributed by atoms with Crippen LogP contribution in [0.1, 0.15) is 38.0 Å². The maximum Gasteiger partial charge on any atom is 0.338 e. The van der Waals surface area contributed by atoms with Gasteiger partial charge in [0.15, 0.2) is 17.3 Å². The lowest BCUT2D eigenvalue weighted by Crippen LogP contribution is -2.50. The van der Waals surface area contributed by atoms with Crippen molar-refractivity contribution < 1.29 is 33.3 Å². The van der Waals surface area contributed by atoms with E-state index in [9.17, 15) is 14.4 Å². The molecule has 4 atom stereocenters. The molecule has 1 saturated heterocycles. The topological polar surface area (TPSA) is 88.1 Å². The van der Waals surface area contributed by atoms with Crippen LogP contribution in [0, 0.1) is 0 Å². The fourth-order valence-corrected chi connectivity index (χ4v) is 3.99. The Kier molecular flexibility index (Phi) is 7.48. The second-order valence-electron chi connectivity index (χ2n) is 8.09. The van der Waals surface area contributed by atoms with E-state index in [-0.39, 0.29) is 6.61 Å². The van der Waals surface area contributed by atoms with Crippen LogP contribution < -0.4 is 0 Å². The summed E-state index contributed by atoms with van der Waals surface area (Å²) >= 11 is 6.47. The molecule has 0 aromatic heterocycles. The van der Waals surface area contributed by atoms with Crippen LogP contribution in [0.4, 0.5) is 0 Å². The first-order chi connectivity index (χ1) is 16.9. The second kappa shape index (κ2) is 10.7. The Morgan fingerprint density at radius 3 is 1.74 bits per heavy atom. The van der Waals surface area contributed by atoms with E-state index in [2.05, 4.69) is 0 Å². The average Bonchev–Trinajstić information content (AvgIpc) is 3.12. The molecule has 1 aliphatic rings. The summed E-state index contributed by atoms with van der Waals surface area (Å²) in [5.41, 5.74) is -1.80. The molecule has 1 heterocycles. The molecule has 3 aromatic rings. The molecule has 4 rings (SSSR count). The lowest BCUT2D eigenvalue weighted by Gasteiger charge is -2.32. The standard InChI is InChI=1S/C27H23ClO7/c1-27(35-25(31)20-15-9-4-10-16-20)22(34-24(30)19-13-7-3-8-14-19)21(33-26(27)28)17-32-23(29)18-11-5-2-6-12-18/h2-16,21-22,26H,17H2,1H3/t21-,22-,26+,27-/m1/s1. The number of benzene rings is 3. The Bertz CT molecular complexity index is 1170. The predicted molar refractivity (Wildman–Crippen MR) is 127 cm³/mol. The van der Waals surface area contributed by atoms with Crippen LogP contribution in [-0.4, -0.2) is 47.9 Å². The van der Waals surface area contributed by atoms with Crippen LogP contribution in [-0.2, 0) is 18.9 Å². The minimum Gasteiger partial charge on any atom is -0.459 e. The Labute approximate surface area is 207 Å². The Morgan fingerprint density at radius 1 is 0.771 bits per heavy atom. The molecule has 3 aromatic carbocycles. The molecule has 0 unspecified atom stereocenters. The molecule has 0 amide bonds. The zero-order valence-electron chi connectivity index (χ0n) is 18.8. The summed E-state index contributed by atoms with van der Waals surface area (Å²) in [5.74, 6) is -1.90. The fourth-order valence-electron chi connectivity index (χ4n) is 3.69. The molecule has 1 aliphatic heterocycles. The van der Waals surface area contributed by atoms with Gasteiger partial charge in [-0.3, -0.25) is 0 Å². The van der Waals surface area contributed by atoms with Crippen LogP contribution in [0.15, 0.2) is 91.0 Å². The second-order valence-corrected chi connectivity index (χ2v) is 8.48. The predicted octanol–water partition coefficient (Wildman–Crippen LogP) is 4.65. The van der Waals surface area contributed by atoms with Gasteiger partial charge in [0.2, 0.25) is 0 Å². The molecule has 8 heteroatoms. The third-order valence-electron chi connectivity index (χ3n) is 5.60. The largest absolute Gasteiger partial charge is 0.459 e. The van der Waals surface area contributed by atoms with Gasteiger partial charge in [-0.05, 0) is 43.3 Å². The molecule has 180 valence electrons. The molecule has 0 spiro atoms. The summed E-state index contributed by atoms with van der Waals surface area (Å²) in [7, 11) is 0.